The number of rotatable bonds is 2. The summed E-state index contributed by atoms with van der Waals surface area (Å²) in [6.07, 6.45) is 1.44. The lowest BCUT2D eigenvalue weighted by molar-refractivity contribution is 0.426. The van der Waals surface area contributed by atoms with Crippen molar-refractivity contribution in [3.8, 4) is 0 Å². The third-order valence-electron chi connectivity index (χ3n) is 1.20. The molecule has 0 fully saturated rings. The van der Waals surface area contributed by atoms with Crippen LogP contribution in [-0.2, 0) is 6.54 Å². The molecule has 11 heavy (non-hydrogen) atoms. The lowest BCUT2D eigenvalue weighted by atomic mass is 10.1. The summed E-state index contributed by atoms with van der Waals surface area (Å²) in [6, 6.07) is 0. The van der Waals surface area contributed by atoms with Crippen LogP contribution in [0.1, 0.15) is 13.8 Å². The molecule has 1 rings (SSSR count). The largest absolute Gasteiger partial charge is 0.343 e. The fraction of sp³-hybridized carbons (Fsp3) is 0.667. The Morgan fingerprint density at radius 1 is 1.82 bits per heavy atom. The molecule has 1 heterocycles. The molecule has 0 saturated carbocycles. The van der Waals surface area contributed by atoms with E-state index in [0.29, 0.717) is 6.54 Å². The van der Waals surface area contributed by atoms with Gasteiger partial charge in [0.25, 0.3) is 0 Å². The van der Waals surface area contributed by atoms with Crippen LogP contribution in [0.25, 0.3) is 0 Å². The Bertz CT molecular complexity index is 279. The van der Waals surface area contributed by atoms with E-state index >= 15 is 0 Å². The van der Waals surface area contributed by atoms with Crippen LogP contribution in [0.5, 0.6) is 0 Å². The number of aromatic amines is 1. The maximum Gasteiger partial charge on any atom is 0.343 e. The molecule has 0 spiro atoms. The van der Waals surface area contributed by atoms with Gasteiger partial charge in [-0.05, 0) is 13.8 Å². The van der Waals surface area contributed by atoms with Gasteiger partial charge >= 0.3 is 5.69 Å². The third kappa shape index (κ3) is 2.19. The Labute approximate surface area is 64.2 Å². The van der Waals surface area contributed by atoms with E-state index in [-0.39, 0.29) is 11.2 Å². The SMILES string of the molecule is CC(C)(N)Cn1cn[nH]c1=O. The molecule has 1 aromatic rings. The minimum absolute atomic E-state index is 0.219. The van der Waals surface area contributed by atoms with Crippen molar-refractivity contribution in [2.75, 3.05) is 0 Å². The summed E-state index contributed by atoms with van der Waals surface area (Å²) in [6.45, 7) is 4.18. The molecule has 0 saturated heterocycles. The van der Waals surface area contributed by atoms with Gasteiger partial charge in [0.15, 0.2) is 0 Å². The first-order chi connectivity index (χ1) is 4.99. The monoisotopic (exact) mass is 156 g/mol. The number of H-pyrrole nitrogens is 1. The Hall–Kier alpha value is -1.10. The van der Waals surface area contributed by atoms with Crippen LogP contribution >= 0.6 is 0 Å². The number of hydrogen-bond acceptors (Lipinski definition) is 3. The highest BCUT2D eigenvalue weighted by molar-refractivity contribution is 4.75. The van der Waals surface area contributed by atoms with Crippen LogP contribution in [0.3, 0.4) is 0 Å². The Balaban J connectivity index is 2.80. The molecule has 62 valence electrons. The number of aromatic nitrogens is 3. The molecule has 0 radical (unpaired) electrons. The third-order valence-corrected chi connectivity index (χ3v) is 1.20. The van der Waals surface area contributed by atoms with Crippen molar-refractivity contribution in [3.63, 3.8) is 0 Å². The van der Waals surface area contributed by atoms with Gasteiger partial charge in [-0.2, -0.15) is 5.10 Å². The normalized spacial score (nSPS) is 11.9. The molecule has 5 heteroatoms. The van der Waals surface area contributed by atoms with Crippen molar-refractivity contribution in [2.45, 2.75) is 25.9 Å². The highest BCUT2D eigenvalue weighted by atomic mass is 16.1. The fourth-order valence-corrected chi connectivity index (χ4v) is 0.822. The zero-order chi connectivity index (χ0) is 8.48. The van der Waals surface area contributed by atoms with Gasteiger partial charge < -0.3 is 5.73 Å². The number of hydrogen-bond donors (Lipinski definition) is 2. The van der Waals surface area contributed by atoms with Crippen LogP contribution in [0.2, 0.25) is 0 Å². The Morgan fingerprint density at radius 2 is 2.45 bits per heavy atom. The molecule has 0 aliphatic carbocycles. The van der Waals surface area contributed by atoms with E-state index in [9.17, 15) is 4.79 Å². The second-order valence-corrected chi connectivity index (χ2v) is 3.28. The molecule has 1 aromatic heterocycles. The first-order valence-electron chi connectivity index (χ1n) is 3.38. The predicted octanol–water partition coefficient (Wildman–Crippen LogP) is -0.691. The second kappa shape index (κ2) is 2.50. The highest BCUT2D eigenvalue weighted by Gasteiger charge is 2.12. The summed E-state index contributed by atoms with van der Waals surface area (Å²) in [7, 11) is 0. The summed E-state index contributed by atoms with van der Waals surface area (Å²) in [5.41, 5.74) is 5.09. The molecular formula is C6H12N4O. The zero-order valence-electron chi connectivity index (χ0n) is 6.66. The topological polar surface area (TPSA) is 76.7 Å². The molecule has 5 nitrogen and oxygen atoms in total. The molecular weight excluding hydrogens is 144 g/mol. The summed E-state index contributed by atoms with van der Waals surface area (Å²) in [5.74, 6) is 0. The molecule has 0 aliphatic rings. The van der Waals surface area contributed by atoms with Gasteiger partial charge in [-0.3, -0.25) is 4.57 Å². The standard InChI is InChI=1S/C6H12N4O/c1-6(2,7)3-10-4-8-9-5(10)11/h4H,3,7H2,1-2H3,(H,9,11). The first-order valence-corrected chi connectivity index (χ1v) is 3.38. The smallest absolute Gasteiger partial charge is 0.324 e. The average molecular weight is 156 g/mol. The summed E-state index contributed by atoms with van der Waals surface area (Å²) in [4.78, 5) is 10.9. The fourth-order valence-electron chi connectivity index (χ4n) is 0.822. The molecule has 0 aromatic carbocycles. The maximum atomic E-state index is 10.9. The van der Waals surface area contributed by atoms with Gasteiger partial charge in [0.05, 0.1) is 0 Å². The van der Waals surface area contributed by atoms with Crippen molar-refractivity contribution in [3.05, 3.63) is 16.8 Å². The predicted molar refractivity (Wildman–Crippen MR) is 41.1 cm³/mol. The Morgan fingerprint density at radius 3 is 2.82 bits per heavy atom. The van der Waals surface area contributed by atoms with Crippen molar-refractivity contribution in [1.29, 1.82) is 0 Å². The molecule has 3 N–H and O–H groups in total. The van der Waals surface area contributed by atoms with E-state index in [2.05, 4.69) is 10.2 Å². The van der Waals surface area contributed by atoms with Gasteiger partial charge in [-0.25, -0.2) is 9.89 Å². The summed E-state index contributed by atoms with van der Waals surface area (Å²) in [5, 5.41) is 5.87. The molecule has 0 unspecified atom stereocenters. The molecule has 0 aliphatic heterocycles. The molecule has 0 atom stereocenters. The van der Waals surface area contributed by atoms with Crippen LogP contribution < -0.4 is 11.4 Å². The van der Waals surface area contributed by atoms with Crippen LogP contribution in [0.15, 0.2) is 11.1 Å². The van der Waals surface area contributed by atoms with E-state index < -0.39 is 0 Å². The van der Waals surface area contributed by atoms with E-state index in [1.165, 1.54) is 10.9 Å². The van der Waals surface area contributed by atoms with Gasteiger partial charge in [0.1, 0.15) is 6.33 Å². The molecule has 0 amide bonds. The first kappa shape index (κ1) is 8.00. The van der Waals surface area contributed by atoms with E-state index in [1.807, 2.05) is 13.8 Å². The quantitative estimate of drug-likeness (QED) is 0.595. The minimum Gasteiger partial charge on any atom is -0.324 e. The van der Waals surface area contributed by atoms with E-state index in [1.54, 1.807) is 0 Å². The minimum atomic E-state index is -0.381. The van der Waals surface area contributed by atoms with Crippen molar-refractivity contribution < 1.29 is 0 Å². The number of nitrogens with two attached hydrogens (primary N) is 1. The van der Waals surface area contributed by atoms with Crippen molar-refractivity contribution in [2.24, 2.45) is 5.73 Å². The Kier molecular flexibility index (Phi) is 1.82. The summed E-state index contributed by atoms with van der Waals surface area (Å²) < 4.78 is 1.44. The molecule has 0 bridgehead atoms. The average Bonchev–Trinajstić information content (AvgIpc) is 2.12. The van der Waals surface area contributed by atoms with E-state index in [4.69, 9.17) is 5.73 Å². The second-order valence-electron chi connectivity index (χ2n) is 3.28. The van der Waals surface area contributed by atoms with Gasteiger partial charge in [0, 0.05) is 12.1 Å². The van der Waals surface area contributed by atoms with Gasteiger partial charge in [-0.15, -0.1) is 0 Å². The maximum absolute atomic E-state index is 10.9. The van der Waals surface area contributed by atoms with Gasteiger partial charge in [0.2, 0.25) is 0 Å². The highest BCUT2D eigenvalue weighted by Crippen LogP contribution is 1.97. The lowest BCUT2D eigenvalue weighted by Gasteiger charge is -2.17. The lowest BCUT2D eigenvalue weighted by Crippen LogP contribution is -2.39. The van der Waals surface area contributed by atoms with Crippen LogP contribution in [-0.4, -0.2) is 20.3 Å². The van der Waals surface area contributed by atoms with Crippen LogP contribution in [0.4, 0.5) is 0 Å². The number of nitrogens with one attached hydrogen (secondary N) is 1. The van der Waals surface area contributed by atoms with E-state index in [0.717, 1.165) is 0 Å². The summed E-state index contributed by atoms with van der Waals surface area (Å²) >= 11 is 0. The van der Waals surface area contributed by atoms with Crippen molar-refractivity contribution in [1.82, 2.24) is 14.8 Å². The number of nitrogens with zero attached hydrogens (tertiary/aromatic N) is 2. The van der Waals surface area contributed by atoms with Crippen LogP contribution in [0, 0.1) is 0 Å². The zero-order valence-corrected chi connectivity index (χ0v) is 6.66. The van der Waals surface area contributed by atoms with Gasteiger partial charge in [-0.1, -0.05) is 0 Å². The van der Waals surface area contributed by atoms with Crippen molar-refractivity contribution >= 4 is 0 Å².